The average molecular weight is 320 g/mol. The van der Waals surface area contributed by atoms with Crippen molar-refractivity contribution in [1.82, 2.24) is 0 Å². The van der Waals surface area contributed by atoms with Gasteiger partial charge in [0.1, 0.15) is 5.82 Å². The Morgan fingerprint density at radius 3 is 2.61 bits per heavy atom. The Morgan fingerprint density at radius 2 is 1.96 bits per heavy atom. The van der Waals surface area contributed by atoms with E-state index in [1.165, 1.54) is 12.3 Å². The lowest BCUT2D eigenvalue weighted by molar-refractivity contribution is 0.230. The van der Waals surface area contributed by atoms with Gasteiger partial charge in [0.2, 0.25) is 0 Å². The maximum Gasteiger partial charge on any atom is 0.170 e. The van der Waals surface area contributed by atoms with Gasteiger partial charge in [0.15, 0.2) is 17.3 Å². The monoisotopic (exact) mass is 320 g/mol. The van der Waals surface area contributed by atoms with Crippen molar-refractivity contribution >= 4 is 11.9 Å². The van der Waals surface area contributed by atoms with Crippen molar-refractivity contribution in [1.29, 1.82) is 0 Å². The normalized spacial score (nSPS) is 11.0. The molecule has 23 heavy (non-hydrogen) atoms. The molecule has 0 fully saturated rings. The van der Waals surface area contributed by atoms with Crippen LogP contribution in [0.15, 0.2) is 41.5 Å². The Kier molecular flexibility index (Phi) is 5.51. The van der Waals surface area contributed by atoms with Gasteiger partial charge in [-0.15, -0.1) is 0 Å². The molecule has 122 valence electrons. The lowest BCUT2D eigenvalue weighted by Gasteiger charge is -2.15. The molecule has 2 rings (SSSR count). The Balaban J connectivity index is 2.21. The number of nitrogens with zero attached hydrogens (tertiary/aromatic N) is 1. The minimum absolute atomic E-state index is 0.0408. The van der Waals surface area contributed by atoms with Crippen LogP contribution in [0.5, 0.6) is 11.5 Å². The van der Waals surface area contributed by atoms with Crippen LogP contribution in [0.25, 0.3) is 0 Å². The highest BCUT2D eigenvalue weighted by molar-refractivity contribution is 5.85. The first kappa shape index (κ1) is 16.7. The Morgan fingerprint density at radius 1 is 1.17 bits per heavy atom. The zero-order valence-corrected chi connectivity index (χ0v) is 13.1. The second kappa shape index (κ2) is 7.58. The topological polar surface area (TPSA) is 42.8 Å². The van der Waals surface area contributed by atoms with E-state index >= 15 is 0 Å². The highest BCUT2D eigenvalue weighted by atomic mass is 19.1. The van der Waals surface area contributed by atoms with Crippen molar-refractivity contribution in [2.45, 2.75) is 20.0 Å². The molecule has 0 aliphatic rings. The van der Waals surface area contributed by atoms with Crippen LogP contribution in [0.4, 0.5) is 14.5 Å². The molecule has 0 saturated carbocycles. The number of rotatable bonds is 6. The van der Waals surface area contributed by atoms with Crippen molar-refractivity contribution in [3.8, 4) is 11.5 Å². The molecular weight excluding hydrogens is 302 g/mol. The number of nitrogens with one attached hydrogen (secondary N) is 1. The molecule has 0 heterocycles. The van der Waals surface area contributed by atoms with Gasteiger partial charge in [0.05, 0.1) is 25.1 Å². The number of para-hydroxylation sites is 1. The van der Waals surface area contributed by atoms with Gasteiger partial charge in [-0.1, -0.05) is 6.07 Å². The fourth-order valence-electron chi connectivity index (χ4n) is 1.91. The van der Waals surface area contributed by atoms with E-state index in [1.807, 2.05) is 13.8 Å². The summed E-state index contributed by atoms with van der Waals surface area (Å²) in [6, 6.07) is 8.59. The largest absolute Gasteiger partial charge is 0.493 e. The van der Waals surface area contributed by atoms with Gasteiger partial charge in [0, 0.05) is 11.6 Å². The minimum atomic E-state index is -0.716. The summed E-state index contributed by atoms with van der Waals surface area (Å²) >= 11 is 0. The third kappa shape index (κ3) is 4.42. The van der Waals surface area contributed by atoms with Crippen LogP contribution in [-0.2, 0) is 0 Å². The standard InChI is InChI=1S/C17H18F2N2O2/c1-11(2)23-17-12(5-4-6-16(17)22-3)10-20-21-15-8-7-13(18)9-14(15)19/h4-11,21H,1-3H3/b20-10-. The van der Waals surface area contributed by atoms with Crippen molar-refractivity contribution < 1.29 is 18.3 Å². The van der Waals surface area contributed by atoms with Crippen molar-refractivity contribution in [3.05, 3.63) is 53.6 Å². The number of anilines is 1. The SMILES string of the molecule is COc1cccc(/C=N\Nc2ccc(F)cc2F)c1OC(C)C. The fourth-order valence-corrected chi connectivity index (χ4v) is 1.91. The molecule has 2 aromatic carbocycles. The van der Waals surface area contributed by atoms with Gasteiger partial charge < -0.3 is 9.47 Å². The summed E-state index contributed by atoms with van der Waals surface area (Å²) < 4.78 is 37.4. The van der Waals surface area contributed by atoms with Gasteiger partial charge in [-0.25, -0.2) is 8.78 Å². The maximum atomic E-state index is 13.5. The highest BCUT2D eigenvalue weighted by Crippen LogP contribution is 2.31. The van der Waals surface area contributed by atoms with E-state index in [0.717, 1.165) is 12.1 Å². The summed E-state index contributed by atoms with van der Waals surface area (Å²) in [6.45, 7) is 3.80. The third-order valence-electron chi connectivity index (χ3n) is 2.90. The van der Waals surface area contributed by atoms with Crippen molar-refractivity contribution in [3.63, 3.8) is 0 Å². The lowest BCUT2D eigenvalue weighted by Crippen LogP contribution is -2.09. The predicted octanol–water partition coefficient (Wildman–Crippen LogP) is 4.21. The molecule has 0 aliphatic heterocycles. The van der Waals surface area contributed by atoms with Crippen molar-refractivity contribution in [2.75, 3.05) is 12.5 Å². The van der Waals surface area contributed by atoms with E-state index in [9.17, 15) is 8.78 Å². The molecule has 1 N–H and O–H groups in total. The molecule has 4 nitrogen and oxygen atoms in total. The Hall–Kier alpha value is -2.63. The van der Waals surface area contributed by atoms with E-state index in [-0.39, 0.29) is 11.8 Å². The summed E-state index contributed by atoms with van der Waals surface area (Å²) in [5.41, 5.74) is 3.29. The second-order valence-corrected chi connectivity index (χ2v) is 5.04. The van der Waals surface area contributed by atoms with Gasteiger partial charge in [-0.3, -0.25) is 5.43 Å². The molecule has 0 spiro atoms. The van der Waals surface area contributed by atoms with Crippen LogP contribution in [0, 0.1) is 11.6 Å². The number of ether oxygens (including phenoxy) is 2. The molecule has 0 radical (unpaired) electrons. The summed E-state index contributed by atoms with van der Waals surface area (Å²) in [4.78, 5) is 0. The van der Waals surface area contributed by atoms with Gasteiger partial charge in [-0.2, -0.15) is 5.10 Å². The van der Waals surface area contributed by atoms with Crippen LogP contribution in [0.3, 0.4) is 0 Å². The van der Waals surface area contributed by atoms with E-state index < -0.39 is 11.6 Å². The molecule has 0 bridgehead atoms. The first-order chi connectivity index (χ1) is 11.0. The first-order valence-electron chi connectivity index (χ1n) is 7.09. The predicted molar refractivity (Wildman–Crippen MR) is 86.3 cm³/mol. The van der Waals surface area contributed by atoms with E-state index in [4.69, 9.17) is 9.47 Å². The number of methoxy groups -OCH3 is 1. The van der Waals surface area contributed by atoms with E-state index in [0.29, 0.717) is 17.1 Å². The molecule has 6 heteroatoms. The second-order valence-electron chi connectivity index (χ2n) is 5.04. The summed E-state index contributed by atoms with van der Waals surface area (Å²) in [6.07, 6.45) is 1.45. The molecular formula is C17H18F2N2O2. The Bertz CT molecular complexity index is 703. The number of hydrazone groups is 1. The summed E-state index contributed by atoms with van der Waals surface area (Å²) in [5.74, 6) is -0.227. The van der Waals surface area contributed by atoms with Gasteiger partial charge in [-0.05, 0) is 38.1 Å². The number of benzene rings is 2. The van der Waals surface area contributed by atoms with Crippen LogP contribution in [0.1, 0.15) is 19.4 Å². The van der Waals surface area contributed by atoms with Gasteiger partial charge >= 0.3 is 0 Å². The van der Waals surface area contributed by atoms with Crippen LogP contribution in [0.2, 0.25) is 0 Å². The summed E-state index contributed by atoms with van der Waals surface area (Å²) in [5, 5.41) is 3.97. The fraction of sp³-hybridized carbons (Fsp3) is 0.235. The molecule has 0 aliphatic carbocycles. The lowest BCUT2D eigenvalue weighted by atomic mass is 10.2. The van der Waals surface area contributed by atoms with E-state index in [2.05, 4.69) is 10.5 Å². The highest BCUT2D eigenvalue weighted by Gasteiger charge is 2.11. The van der Waals surface area contributed by atoms with Crippen LogP contribution < -0.4 is 14.9 Å². The molecule has 0 saturated heterocycles. The van der Waals surface area contributed by atoms with Crippen molar-refractivity contribution in [2.24, 2.45) is 5.10 Å². The first-order valence-corrected chi connectivity index (χ1v) is 7.09. The minimum Gasteiger partial charge on any atom is -0.493 e. The molecule has 0 atom stereocenters. The average Bonchev–Trinajstić information content (AvgIpc) is 2.50. The number of hydrogen-bond acceptors (Lipinski definition) is 4. The van der Waals surface area contributed by atoms with Crippen LogP contribution >= 0.6 is 0 Å². The zero-order valence-electron chi connectivity index (χ0n) is 13.1. The summed E-state index contributed by atoms with van der Waals surface area (Å²) in [7, 11) is 1.55. The quantitative estimate of drug-likeness (QED) is 0.640. The molecule has 0 aromatic heterocycles. The smallest absolute Gasteiger partial charge is 0.170 e. The van der Waals surface area contributed by atoms with Crippen LogP contribution in [-0.4, -0.2) is 19.4 Å². The maximum absolute atomic E-state index is 13.5. The molecule has 0 unspecified atom stereocenters. The Labute approximate surface area is 133 Å². The molecule has 0 amide bonds. The third-order valence-corrected chi connectivity index (χ3v) is 2.90. The molecule has 2 aromatic rings. The van der Waals surface area contributed by atoms with E-state index in [1.54, 1.807) is 25.3 Å². The number of halogens is 2. The number of hydrogen-bond donors (Lipinski definition) is 1. The zero-order chi connectivity index (χ0) is 16.8. The van der Waals surface area contributed by atoms with Gasteiger partial charge in [0.25, 0.3) is 0 Å².